The summed E-state index contributed by atoms with van der Waals surface area (Å²) in [6.45, 7) is 6.40. The maximum Gasteiger partial charge on any atom is 0.238 e. The van der Waals surface area contributed by atoms with Gasteiger partial charge in [0.15, 0.2) is 0 Å². The van der Waals surface area contributed by atoms with Crippen LogP contribution in [-0.4, -0.2) is 36.5 Å². The second kappa shape index (κ2) is 8.31. The van der Waals surface area contributed by atoms with E-state index in [9.17, 15) is 4.79 Å². The van der Waals surface area contributed by atoms with Crippen molar-refractivity contribution in [2.75, 3.05) is 25.0 Å². The molecule has 1 saturated heterocycles. The minimum atomic E-state index is 0. The maximum absolute atomic E-state index is 12.1. The Morgan fingerprint density at radius 2 is 2.29 bits per heavy atom. The standard InChI is InChI=1S/C15H22IN3O.ClH/c1-10-7-13(16)3-4-14(10)18-15(20)9-19-6-5-12(8-19)11(2)17;/h3-4,7,11-12H,5-6,8-9,17H2,1-2H3,(H,18,20);1H. The Morgan fingerprint density at radius 1 is 1.57 bits per heavy atom. The molecule has 1 amide bonds. The summed E-state index contributed by atoms with van der Waals surface area (Å²) in [7, 11) is 0. The molecule has 1 aliphatic rings. The molecule has 0 radical (unpaired) electrons. The van der Waals surface area contributed by atoms with Crippen molar-refractivity contribution in [2.24, 2.45) is 11.7 Å². The largest absolute Gasteiger partial charge is 0.328 e. The van der Waals surface area contributed by atoms with E-state index in [1.807, 2.05) is 26.0 Å². The van der Waals surface area contributed by atoms with E-state index in [0.717, 1.165) is 30.8 Å². The fourth-order valence-electron chi connectivity index (χ4n) is 2.60. The average molecular weight is 424 g/mol. The van der Waals surface area contributed by atoms with Gasteiger partial charge in [-0.05, 0) is 79.1 Å². The van der Waals surface area contributed by atoms with Gasteiger partial charge in [-0.2, -0.15) is 0 Å². The molecule has 0 aromatic heterocycles. The van der Waals surface area contributed by atoms with E-state index < -0.39 is 0 Å². The number of hydrogen-bond acceptors (Lipinski definition) is 3. The van der Waals surface area contributed by atoms with Crippen LogP contribution >= 0.6 is 35.0 Å². The highest BCUT2D eigenvalue weighted by Gasteiger charge is 2.26. The van der Waals surface area contributed by atoms with E-state index in [2.05, 4.69) is 38.9 Å². The summed E-state index contributed by atoms with van der Waals surface area (Å²) < 4.78 is 1.18. The first kappa shape index (κ1) is 18.7. The van der Waals surface area contributed by atoms with Crippen LogP contribution in [-0.2, 0) is 4.79 Å². The van der Waals surface area contributed by atoms with Gasteiger partial charge in [-0.3, -0.25) is 9.69 Å². The molecule has 21 heavy (non-hydrogen) atoms. The zero-order valence-corrected chi connectivity index (χ0v) is 15.4. The quantitative estimate of drug-likeness (QED) is 0.732. The highest BCUT2D eigenvalue weighted by molar-refractivity contribution is 14.1. The molecule has 0 bridgehead atoms. The summed E-state index contributed by atoms with van der Waals surface area (Å²) in [5.41, 5.74) is 7.92. The first-order valence-corrected chi connectivity index (χ1v) is 8.07. The van der Waals surface area contributed by atoms with E-state index in [4.69, 9.17) is 5.73 Å². The number of hydrogen-bond donors (Lipinski definition) is 2. The van der Waals surface area contributed by atoms with Crippen molar-refractivity contribution < 1.29 is 4.79 Å². The van der Waals surface area contributed by atoms with Crippen LogP contribution in [0, 0.1) is 16.4 Å². The molecule has 1 aliphatic heterocycles. The Labute approximate surface area is 146 Å². The predicted molar refractivity (Wildman–Crippen MR) is 98.0 cm³/mol. The van der Waals surface area contributed by atoms with E-state index in [1.165, 1.54) is 3.57 Å². The number of carbonyl (C=O) groups is 1. The third-order valence-electron chi connectivity index (χ3n) is 3.88. The normalized spacial score (nSPS) is 19.9. The van der Waals surface area contributed by atoms with Crippen LogP contribution in [0.4, 0.5) is 5.69 Å². The average Bonchev–Trinajstić information content (AvgIpc) is 2.81. The highest BCUT2D eigenvalue weighted by Crippen LogP contribution is 2.20. The van der Waals surface area contributed by atoms with Gasteiger partial charge >= 0.3 is 0 Å². The minimum Gasteiger partial charge on any atom is -0.328 e. The third-order valence-corrected chi connectivity index (χ3v) is 4.55. The molecular formula is C15H23ClIN3O. The SMILES string of the molecule is Cc1cc(I)ccc1NC(=O)CN1CCC(C(C)N)C1.Cl. The fourth-order valence-corrected chi connectivity index (χ4v) is 3.24. The first-order chi connectivity index (χ1) is 9.45. The van der Waals surface area contributed by atoms with Crippen molar-refractivity contribution in [2.45, 2.75) is 26.3 Å². The molecular weight excluding hydrogens is 401 g/mol. The van der Waals surface area contributed by atoms with E-state index in [-0.39, 0.29) is 24.4 Å². The smallest absolute Gasteiger partial charge is 0.238 e. The fraction of sp³-hybridized carbons (Fsp3) is 0.533. The number of anilines is 1. The molecule has 1 aromatic rings. The first-order valence-electron chi connectivity index (χ1n) is 6.99. The summed E-state index contributed by atoms with van der Waals surface area (Å²) in [4.78, 5) is 14.3. The Balaban J connectivity index is 0.00000220. The number of benzene rings is 1. The van der Waals surface area contributed by atoms with Crippen molar-refractivity contribution in [1.29, 1.82) is 0 Å². The molecule has 1 heterocycles. The van der Waals surface area contributed by atoms with Gasteiger partial charge in [0, 0.05) is 21.8 Å². The van der Waals surface area contributed by atoms with Gasteiger partial charge < -0.3 is 11.1 Å². The van der Waals surface area contributed by atoms with Crippen LogP contribution in [0.15, 0.2) is 18.2 Å². The Bertz CT molecular complexity index is 496. The lowest BCUT2D eigenvalue weighted by molar-refractivity contribution is -0.117. The van der Waals surface area contributed by atoms with Gasteiger partial charge in [0.25, 0.3) is 0 Å². The number of rotatable bonds is 4. The van der Waals surface area contributed by atoms with Crippen LogP contribution < -0.4 is 11.1 Å². The number of nitrogens with one attached hydrogen (secondary N) is 1. The Morgan fingerprint density at radius 3 is 2.86 bits per heavy atom. The number of likely N-dealkylation sites (tertiary alicyclic amines) is 1. The van der Waals surface area contributed by atoms with E-state index in [1.54, 1.807) is 0 Å². The second-order valence-corrected chi connectivity index (χ2v) is 6.90. The molecule has 6 heteroatoms. The van der Waals surface area contributed by atoms with Gasteiger partial charge in [-0.15, -0.1) is 12.4 Å². The maximum atomic E-state index is 12.1. The van der Waals surface area contributed by atoms with E-state index >= 15 is 0 Å². The number of nitrogens with zero attached hydrogens (tertiary/aromatic N) is 1. The molecule has 0 aliphatic carbocycles. The van der Waals surface area contributed by atoms with Crippen molar-refractivity contribution in [3.8, 4) is 0 Å². The lowest BCUT2D eigenvalue weighted by Crippen LogP contribution is -2.34. The lowest BCUT2D eigenvalue weighted by Gasteiger charge is -2.17. The minimum absolute atomic E-state index is 0. The third kappa shape index (κ3) is 5.39. The Kier molecular flexibility index (Phi) is 7.39. The van der Waals surface area contributed by atoms with Crippen LogP contribution in [0.3, 0.4) is 0 Å². The molecule has 1 fully saturated rings. The predicted octanol–water partition coefficient (Wildman–Crippen LogP) is 2.63. The van der Waals surface area contributed by atoms with Crippen LogP contribution in [0.1, 0.15) is 18.9 Å². The zero-order chi connectivity index (χ0) is 14.7. The number of nitrogens with two attached hydrogens (primary N) is 1. The van der Waals surface area contributed by atoms with Crippen LogP contribution in [0.5, 0.6) is 0 Å². The Hall–Kier alpha value is -0.370. The molecule has 2 atom stereocenters. The van der Waals surface area contributed by atoms with Crippen molar-refractivity contribution in [3.05, 3.63) is 27.3 Å². The summed E-state index contributed by atoms with van der Waals surface area (Å²) in [5.74, 6) is 0.572. The number of halogens is 2. The molecule has 118 valence electrons. The van der Waals surface area contributed by atoms with Gasteiger partial charge in [0.2, 0.25) is 5.91 Å². The molecule has 2 unspecified atom stereocenters. The lowest BCUT2D eigenvalue weighted by atomic mass is 10.0. The van der Waals surface area contributed by atoms with Gasteiger partial charge in [0.1, 0.15) is 0 Å². The topological polar surface area (TPSA) is 58.4 Å². The molecule has 1 aromatic carbocycles. The van der Waals surface area contributed by atoms with Crippen molar-refractivity contribution in [3.63, 3.8) is 0 Å². The molecule has 2 rings (SSSR count). The highest BCUT2D eigenvalue weighted by atomic mass is 127. The number of aryl methyl sites for hydroxylation is 1. The molecule has 0 saturated carbocycles. The van der Waals surface area contributed by atoms with Crippen LogP contribution in [0.2, 0.25) is 0 Å². The van der Waals surface area contributed by atoms with Gasteiger partial charge in [0.05, 0.1) is 6.54 Å². The summed E-state index contributed by atoms with van der Waals surface area (Å²) in [5, 5.41) is 2.99. The monoisotopic (exact) mass is 423 g/mol. The van der Waals surface area contributed by atoms with Crippen molar-refractivity contribution in [1.82, 2.24) is 4.90 Å². The van der Waals surface area contributed by atoms with Crippen molar-refractivity contribution >= 4 is 46.6 Å². The van der Waals surface area contributed by atoms with Crippen LogP contribution in [0.25, 0.3) is 0 Å². The summed E-state index contributed by atoms with van der Waals surface area (Å²) in [6, 6.07) is 6.24. The number of carbonyl (C=O) groups excluding carboxylic acids is 1. The number of amides is 1. The summed E-state index contributed by atoms with van der Waals surface area (Å²) in [6.07, 6.45) is 1.09. The van der Waals surface area contributed by atoms with Gasteiger partial charge in [-0.1, -0.05) is 0 Å². The molecule has 4 nitrogen and oxygen atoms in total. The van der Waals surface area contributed by atoms with E-state index in [0.29, 0.717) is 12.5 Å². The van der Waals surface area contributed by atoms with Gasteiger partial charge in [-0.25, -0.2) is 0 Å². The second-order valence-electron chi connectivity index (χ2n) is 5.65. The molecule has 0 spiro atoms. The summed E-state index contributed by atoms with van der Waals surface area (Å²) >= 11 is 2.27. The molecule has 3 N–H and O–H groups in total. The zero-order valence-electron chi connectivity index (χ0n) is 12.4.